The zero-order chi connectivity index (χ0) is 14.5. The van der Waals surface area contributed by atoms with Crippen LogP contribution >= 0.6 is 0 Å². The number of carbonyl (C=O) groups excluding carboxylic acids is 1. The van der Waals surface area contributed by atoms with Gasteiger partial charge in [-0.3, -0.25) is 4.79 Å². The number of hydrogen-bond donors (Lipinski definition) is 0. The monoisotopic (exact) mass is 280 g/mol. The summed E-state index contributed by atoms with van der Waals surface area (Å²) in [7, 11) is 2.59. The van der Waals surface area contributed by atoms with Crippen molar-refractivity contribution in [2.45, 2.75) is 6.18 Å². The Labute approximate surface area is 106 Å². The molecule has 9 heteroatoms. The maximum Gasteiger partial charge on any atom is 0.411 e. The van der Waals surface area contributed by atoms with Gasteiger partial charge in [0, 0.05) is 0 Å². The lowest BCUT2D eigenvalue weighted by Gasteiger charge is -2.09. The summed E-state index contributed by atoms with van der Waals surface area (Å²) in [5, 5.41) is 0. The number of nitrogens with zero attached hydrogens (tertiary/aromatic N) is 2. The van der Waals surface area contributed by atoms with Crippen LogP contribution in [-0.2, 0) is 4.74 Å². The van der Waals surface area contributed by atoms with Gasteiger partial charge in [-0.2, -0.15) is 18.2 Å². The molecular weight excluding hydrogens is 269 g/mol. The fourth-order valence-electron chi connectivity index (χ4n) is 1.12. The molecule has 0 aliphatic rings. The minimum atomic E-state index is -4.49. The van der Waals surface area contributed by atoms with Crippen LogP contribution in [0.4, 0.5) is 13.2 Å². The average molecular weight is 280 g/mol. The van der Waals surface area contributed by atoms with Crippen LogP contribution in [0.25, 0.3) is 0 Å². The van der Waals surface area contributed by atoms with E-state index in [0.29, 0.717) is 0 Å². The standard InChI is InChI=1S/C10H11F3N2O4/c1-17-7-3-14-8(9(15-7)18-2)6(16)4-19-5-10(11,12)13/h3H,4-5H2,1-2H3. The van der Waals surface area contributed by atoms with Gasteiger partial charge in [0.05, 0.1) is 20.4 Å². The van der Waals surface area contributed by atoms with Crippen molar-refractivity contribution in [2.75, 3.05) is 27.4 Å². The second-order valence-corrected chi connectivity index (χ2v) is 3.30. The normalized spacial score (nSPS) is 11.2. The van der Waals surface area contributed by atoms with Gasteiger partial charge in [0.25, 0.3) is 0 Å². The number of halogens is 3. The fraction of sp³-hybridized carbons (Fsp3) is 0.500. The van der Waals surface area contributed by atoms with Gasteiger partial charge in [-0.1, -0.05) is 0 Å². The number of alkyl halides is 3. The predicted molar refractivity (Wildman–Crippen MR) is 56.3 cm³/mol. The molecule has 1 rings (SSSR count). The van der Waals surface area contributed by atoms with Gasteiger partial charge in [0.15, 0.2) is 5.69 Å². The highest BCUT2D eigenvalue weighted by atomic mass is 19.4. The van der Waals surface area contributed by atoms with Gasteiger partial charge < -0.3 is 14.2 Å². The van der Waals surface area contributed by atoms with Crippen LogP contribution < -0.4 is 9.47 Å². The molecule has 0 fully saturated rings. The molecule has 0 aliphatic carbocycles. The van der Waals surface area contributed by atoms with Crippen LogP contribution in [-0.4, -0.2) is 49.4 Å². The number of aromatic nitrogens is 2. The Hall–Kier alpha value is -1.90. The van der Waals surface area contributed by atoms with E-state index < -0.39 is 25.2 Å². The third-order valence-electron chi connectivity index (χ3n) is 1.88. The van der Waals surface area contributed by atoms with Crippen molar-refractivity contribution < 1.29 is 32.2 Å². The molecule has 0 bridgehead atoms. The second-order valence-electron chi connectivity index (χ2n) is 3.30. The first-order valence-electron chi connectivity index (χ1n) is 5.00. The Morgan fingerprint density at radius 1 is 1.32 bits per heavy atom. The molecule has 0 aromatic carbocycles. The van der Waals surface area contributed by atoms with E-state index in [-0.39, 0.29) is 17.5 Å². The molecule has 0 spiro atoms. The van der Waals surface area contributed by atoms with Gasteiger partial charge in [-0.25, -0.2) is 4.98 Å². The number of Topliss-reactive ketones (excluding diaryl/α,β-unsaturated/α-hetero) is 1. The second kappa shape index (κ2) is 6.32. The van der Waals surface area contributed by atoms with Gasteiger partial charge >= 0.3 is 6.18 Å². The Kier molecular flexibility index (Phi) is 5.04. The smallest absolute Gasteiger partial charge is 0.411 e. The molecule has 19 heavy (non-hydrogen) atoms. The minimum absolute atomic E-state index is 0.115. The molecule has 0 unspecified atom stereocenters. The van der Waals surface area contributed by atoms with E-state index in [9.17, 15) is 18.0 Å². The van der Waals surface area contributed by atoms with E-state index in [4.69, 9.17) is 9.47 Å². The largest absolute Gasteiger partial charge is 0.480 e. The molecule has 0 aliphatic heterocycles. The number of hydrogen-bond acceptors (Lipinski definition) is 6. The molecule has 0 radical (unpaired) electrons. The summed E-state index contributed by atoms with van der Waals surface area (Å²) >= 11 is 0. The molecular formula is C10H11F3N2O4. The van der Waals surface area contributed by atoms with Crippen LogP contribution in [0.1, 0.15) is 10.5 Å². The van der Waals surface area contributed by atoms with Gasteiger partial charge in [-0.05, 0) is 0 Å². The first kappa shape index (κ1) is 15.2. The third kappa shape index (κ3) is 4.70. The summed E-state index contributed by atoms with van der Waals surface area (Å²) in [6.45, 7) is -2.28. The number of rotatable bonds is 6. The lowest BCUT2D eigenvalue weighted by atomic mass is 10.3. The predicted octanol–water partition coefficient (Wildman–Crippen LogP) is 1.26. The van der Waals surface area contributed by atoms with E-state index in [1.165, 1.54) is 14.2 Å². The Morgan fingerprint density at radius 3 is 2.53 bits per heavy atom. The van der Waals surface area contributed by atoms with E-state index >= 15 is 0 Å². The summed E-state index contributed by atoms with van der Waals surface area (Å²) < 4.78 is 49.4. The number of methoxy groups -OCH3 is 2. The number of ketones is 1. The Balaban J connectivity index is 2.71. The summed E-state index contributed by atoms with van der Waals surface area (Å²) in [6.07, 6.45) is -3.34. The van der Waals surface area contributed by atoms with E-state index in [1.54, 1.807) is 0 Å². The van der Waals surface area contributed by atoms with Crippen LogP contribution in [0.2, 0.25) is 0 Å². The average Bonchev–Trinajstić information content (AvgIpc) is 2.36. The first-order valence-corrected chi connectivity index (χ1v) is 5.00. The third-order valence-corrected chi connectivity index (χ3v) is 1.88. The Morgan fingerprint density at radius 2 is 2.00 bits per heavy atom. The maximum atomic E-state index is 11.8. The lowest BCUT2D eigenvalue weighted by Crippen LogP contribution is -2.21. The van der Waals surface area contributed by atoms with Crippen molar-refractivity contribution in [1.29, 1.82) is 0 Å². The van der Waals surface area contributed by atoms with Gasteiger partial charge in [0.1, 0.15) is 13.2 Å². The number of ether oxygens (including phenoxy) is 3. The molecule has 1 aromatic rings. The van der Waals surface area contributed by atoms with Crippen LogP contribution in [0.5, 0.6) is 11.8 Å². The highest BCUT2D eigenvalue weighted by Gasteiger charge is 2.28. The van der Waals surface area contributed by atoms with Gasteiger partial charge in [0.2, 0.25) is 17.5 Å². The van der Waals surface area contributed by atoms with E-state index in [1.807, 2.05) is 0 Å². The molecule has 0 saturated heterocycles. The summed E-state index contributed by atoms with van der Waals surface area (Å²) in [5.41, 5.74) is -0.217. The molecule has 0 N–H and O–H groups in total. The van der Waals surface area contributed by atoms with Crippen molar-refractivity contribution in [3.63, 3.8) is 0 Å². The fourth-order valence-corrected chi connectivity index (χ4v) is 1.12. The van der Waals surface area contributed by atoms with E-state index in [2.05, 4.69) is 14.7 Å². The van der Waals surface area contributed by atoms with Crippen LogP contribution in [0.3, 0.4) is 0 Å². The number of carbonyl (C=O) groups is 1. The minimum Gasteiger partial charge on any atom is -0.480 e. The van der Waals surface area contributed by atoms with Crippen LogP contribution in [0, 0.1) is 0 Å². The molecule has 106 valence electrons. The van der Waals surface area contributed by atoms with Gasteiger partial charge in [-0.15, -0.1) is 0 Å². The zero-order valence-corrected chi connectivity index (χ0v) is 10.2. The van der Waals surface area contributed by atoms with Crippen molar-refractivity contribution in [2.24, 2.45) is 0 Å². The van der Waals surface area contributed by atoms with Crippen molar-refractivity contribution in [1.82, 2.24) is 9.97 Å². The lowest BCUT2D eigenvalue weighted by molar-refractivity contribution is -0.170. The summed E-state index contributed by atoms with van der Waals surface area (Å²) in [4.78, 5) is 19.1. The topological polar surface area (TPSA) is 70.5 Å². The molecule has 1 aromatic heterocycles. The molecule has 0 atom stereocenters. The van der Waals surface area contributed by atoms with Crippen molar-refractivity contribution >= 4 is 5.78 Å². The molecule has 6 nitrogen and oxygen atoms in total. The molecule has 0 amide bonds. The molecule has 1 heterocycles. The van der Waals surface area contributed by atoms with Crippen LogP contribution in [0.15, 0.2) is 6.20 Å². The molecule has 0 saturated carbocycles. The quantitative estimate of drug-likeness (QED) is 0.730. The summed E-state index contributed by atoms with van der Waals surface area (Å²) in [5.74, 6) is -0.791. The SMILES string of the molecule is COc1cnc(C(=O)COCC(F)(F)F)c(OC)n1. The maximum absolute atomic E-state index is 11.8. The highest BCUT2D eigenvalue weighted by Crippen LogP contribution is 2.18. The van der Waals surface area contributed by atoms with Crippen molar-refractivity contribution in [3.05, 3.63) is 11.9 Å². The Bertz CT molecular complexity index is 451. The van der Waals surface area contributed by atoms with E-state index in [0.717, 1.165) is 6.20 Å². The zero-order valence-electron chi connectivity index (χ0n) is 10.2. The highest BCUT2D eigenvalue weighted by molar-refractivity contribution is 5.97. The first-order chi connectivity index (χ1) is 8.87. The summed E-state index contributed by atoms with van der Waals surface area (Å²) in [6, 6.07) is 0. The van der Waals surface area contributed by atoms with Crippen molar-refractivity contribution in [3.8, 4) is 11.8 Å².